The Hall–Kier alpha value is -3.61. The minimum Gasteiger partial charge on any atom is -0.491 e. The number of hydrogen-bond acceptors (Lipinski definition) is 5. The molecule has 7 nitrogen and oxygen atoms in total. The Morgan fingerprint density at radius 2 is 2.13 bits per heavy atom. The number of ether oxygens (including phenoxy) is 1. The minimum atomic E-state index is 0.482. The fourth-order valence-corrected chi connectivity index (χ4v) is 3.66. The van der Waals surface area contributed by atoms with E-state index in [0.29, 0.717) is 12.4 Å². The topological polar surface area (TPSA) is 92.4 Å². The maximum absolute atomic E-state index is 6.06. The van der Waals surface area contributed by atoms with Gasteiger partial charge in [0.2, 0.25) is 0 Å². The zero-order valence-corrected chi connectivity index (χ0v) is 17.6. The summed E-state index contributed by atoms with van der Waals surface area (Å²) in [6.07, 6.45) is 3.33. The Labute approximate surface area is 176 Å². The third-order valence-electron chi connectivity index (χ3n) is 5.46. The summed E-state index contributed by atoms with van der Waals surface area (Å²) in [7, 11) is 0. The van der Waals surface area contributed by atoms with Gasteiger partial charge in [-0.25, -0.2) is 15.0 Å². The summed E-state index contributed by atoms with van der Waals surface area (Å²) >= 11 is 0. The second-order valence-corrected chi connectivity index (χ2v) is 7.42. The number of fused-ring (bicyclic) bond motifs is 2. The molecule has 0 unspecified atom stereocenters. The predicted octanol–water partition coefficient (Wildman–Crippen LogP) is 3.92. The highest BCUT2D eigenvalue weighted by molar-refractivity contribution is 5.97. The summed E-state index contributed by atoms with van der Waals surface area (Å²) in [5.41, 5.74) is 13.0. The molecule has 1 aromatic carbocycles. The molecule has 0 atom stereocenters. The van der Waals surface area contributed by atoms with Crippen molar-refractivity contribution < 1.29 is 4.74 Å². The van der Waals surface area contributed by atoms with E-state index in [1.807, 2.05) is 26.1 Å². The molecule has 0 spiro atoms. The van der Waals surface area contributed by atoms with E-state index in [1.165, 1.54) is 6.20 Å². The van der Waals surface area contributed by atoms with Crippen molar-refractivity contribution in [2.24, 2.45) is 10.7 Å². The summed E-state index contributed by atoms with van der Waals surface area (Å²) in [5, 5.41) is 0. The Kier molecular flexibility index (Phi) is 5.27. The van der Waals surface area contributed by atoms with Crippen molar-refractivity contribution >= 4 is 17.0 Å². The van der Waals surface area contributed by atoms with Crippen LogP contribution >= 0.6 is 0 Å². The Bertz CT molecular complexity index is 1170. The number of benzene rings is 1. The van der Waals surface area contributed by atoms with Gasteiger partial charge in [0, 0.05) is 41.3 Å². The Balaban J connectivity index is 1.68. The molecule has 0 saturated carbocycles. The van der Waals surface area contributed by atoms with Crippen molar-refractivity contribution in [2.75, 3.05) is 13.2 Å². The van der Waals surface area contributed by atoms with Crippen LogP contribution in [-0.4, -0.2) is 38.8 Å². The minimum absolute atomic E-state index is 0.482. The van der Waals surface area contributed by atoms with E-state index in [1.54, 1.807) is 0 Å². The van der Waals surface area contributed by atoms with E-state index in [2.05, 4.69) is 56.5 Å². The van der Waals surface area contributed by atoms with Crippen LogP contribution in [0.15, 0.2) is 59.5 Å². The molecule has 0 radical (unpaired) electrons. The number of pyridine rings is 1. The van der Waals surface area contributed by atoms with E-state index >= 15 is 0 Å². The van der Waals surface area contributed by atoms with Crippen LogP contribution in [0.25, 0.3) is 22.3 Å². The summed E-state index contributed by atoms with van der Waals surface area (Å²) in [6, 6.07) is 8.36. The van der Waals surface area contributed by atoms with Crippen molar-refractivity contribution in [1.82, 2.24) is 19.9 Å². The molecule has 3 N–H and O–H groups in total. The number of hydrogen-bond donors (Lipinski definition) is 2. The van der Waals surface area contributed by atoms with E-state index in [0.717, 1.165) is 63.8 Å². The number of imidazole rings is 1. The molecule has 0 amide bonds. The van der Waals surface area contributed by atoms with Gasteiger partial charge in [-0.1, -0.05) is 12.6 Å². The van der Waals surface area contributed by atoms with Crippen LogP contribution in [0.2, 0.25) is 0 Å². The first-order valence-electron chi connectivity index (χ1n) is 9.91. The monoisotopic (exact) mass is 402 g/mol. The summed E-state index contributed by atoms with van der Waals surface area (Å²) in [4.78, 5) is 18.5. The first-order valence-corrected chi connectivity index (χ1v) is 9.91. The number of nitrogens with one attached hydrogen (secondary N) is 1. The number of nitrogens with zero attached hydrogens (tertiary/aromatic N) is 4. The average molecular weight is 403 g/mol. The van der Waals surface area contributed by atoms with Crippen LogP contribution in [0, 0.1) is 6.92 Å². The van der Waals surface area contributed by atoms with Crippen molar-refractivity contribution in [3.8, 4) is 16.9 Å². The molecule has 2 aromatic heterocycles. The lowest BCUT2D eigenvalue weighted by Crippen LogP contribution is -2.27. The lowest BCUT2D eigenvalue weighted by Gasteiger charge is -2.25. The van der Waals surface area contributed by atoms with Gasteiger partial charge < -0.3 is 20.4 Å². The number of aromatic nitrogens is 3. The second kappa shape index (κ2) is 8.02. The fraction of sp³-hybridized carbons (Fsp3) is 0.261. The molecule has 7 heteroatoms. The number of H-pyrrole nitrogens is 1. The molecular formula is C23H26N6O. The molecular weight excluding hydrogens is 376 g/mol. The summed E-state index contributed by atoms with van der Waals surface area (Å²) in [5.74, 6) is 2.25. The van der Waals surface area contributed by atoms with Gasteiger partial charge in [-0.2, -0.15) is 0 Å². The highest BCUT2D eigenvalue weighted by Gasteiger charge is 2.18. The number of nitrogens with two attached hydrogens (primary N) is 1. The van der Waals surface area contributed by atoms with Gasteiger partial charge in [0.15, 0.2) is 5.65 Å². The third-order valence-corrected chi connectivity index (χ3v) is 5.46. The summed E-state index contributed by atoms with van der Waals surface area (Å²) in [6.45, 7) is 11.7. The molecule has 0 fully saturated rings. The Morgan fingerprint density at radius 3 is 2.93 bits per heavy atom. The van der Waals surface area contributed by atoms with Crippen molar-refractivity contribution in [2.45, 2.75) is 27.3 Å². The third kappa shape index (κ3) is 3.78. The number of amidine groups is 1. The van der Waals surface area contributed by atoms with E-state index in [9.17, 15) is 0 Å². The molecule has 1 aliphatic rings. The number of rotatable bonds is 4. The van der Waals surface area contributed by atoms with Crippen LogP contribution in [0.3, 0.4) is 0 Å². The zero-order valence-electron chi connectivity index (χ0n) is 17.6. The molecule has 0 aliphatic carbocycles. The Morgan fingerprint density at radius 1 is 1.30 bits per heavy atom. The van der Waals surface area contributed by atoms with Crippen LogP contribution < -0.4 is 10.5 Å². The van der Waals surface area contributed by atoms with E-state index in [-0.39, 0.29) is 0 Å². The quantitative estimate of drug-likeness (QED) is 0.510. The smallest absolute Gasteiger partial charge is 0.177 e. The standard InChI is InChI=1S/C23H26N6O/c1-5-25-22(24)14(2)15(3)29-8-9-30-21-7-6-17(10-19(21)13-29)18-11-20-23(26-12-18)28-16(4)27-20/h5-7,10-12H,1,8-9,13H2,2-4H3,(H2,24,25)(H,26,27,28). The van der Waals surface area contributed by atoms with Crippen LogP contribution in [0.5, 0.6) is 5.75 Å². The van der Waals surface area contributed by atoms with Gasteiger partial charge in [-0.3, -0.25) is 0 Å². The molecule has 154 valence electrons. The SMILES string of the molecule is C=CN=C(N)C(C)=C(C)N1CCOc2ccc(-c3cnc4nc(C)[nH]c4c3)cc2C1. The van der Waals surface area contributed by atoms with Crippen LogP contribution in [-0.2, 0) is 6.54 Å². The number of allylic oxidation sites excluding steroid dienone is 1. The highest BCUT2D eigenvalue weighted by Crippen LogP contribution is 2.31. The molecule has 4 rings (SSSR count). The first-order chi connectivity index (χ1) is 14.5. The van der Waals surface area contributed by atoms with Gasteiger partial charge in [-0.05, 0) is 44.5 Å². The normalized spacial score (nSPS) is 15.3. The molecule has 3 aromatic rings. The van der Waals surface area contributed by atoms with E-state index in [4.69, 9.17) is 10.5 Å². The number of aromatic amines is 1. The largest absolute Gasteiger partial charge is 0.491 e. The van der Waals surface area contributed by atoms with Gasteiger partial charge in [0.05, 0.1) is 12.1 Å². The van der Waals surface area contributed by atoms with Crippen molar-refractivity contribution in [3.05, 3.63) is 65.9 Å². The lowest BCUT2D eigenvalue weighted by atomic mass is 10.0. The summed E-state index contributed by atoms with van der Waals surface area (Å²) < 4.78 is 6.01. The van der Waals surface area contributed by atoms with Crippen LogP contribution in [0.4, 0.5) is 0 Å². The molecule has 3 heterocycles. The predicted molar refractivity (Wildman–Crippen MR) is 120 cm³/mol. The molecule has 0 bridgehead atoms. The number of aryl methyl sites for hydroxylation is 1. The van der Waals surface area contributed by atoms with Crippen molar-refractivity contribution in [3.63, 3.8) is 0 Å². The average Bonchev–Trinajstić information content (AvgIpc) is 2.98. The van der Waals surface area contributed by atoms with Gasteiger partial charge in [-0.15, -0.1) is 0 Å². The number of aliphatic imine (C=N–C) groups is 1. The second-order valence-electron chi connectivity index (χ2n) is 7.42. The van der Waals surface area contributed by atoms with Gasteiger partial charge in [0.25, 0.3) is 0 Å². The van der Waals surface area contributed by atoms with Gasteiger partial charge in [0.1, 0.15) is 24.0 Å². The molecule has 1 aliphatic heterocycles. The van der Waals surface area contributed by atoms with Gasteiger partial charge >= 0.3 is 0 Å². The molecule has 30 heavy (non-hydrogen) atoms. The highest BCUT2D eigenvalue weighted by atomic mass is 16.5. The van der Waals surface area contributed by atoms with Crippen molar-refractivity contribution in [1.29, 1.82) is 0 Å². The maximum Gasteiger partial charge on any atom is 0.177 e. The molecule has 0 saturated heterocycles. The van der Waals surface area contributed by atoms with E-state index < -0.39 is 0 Å². The zero-order chi connectivity index (χ0) is 21.3. The maximum atomic E-state index is 6.06. The van der Waals surface area contributed by atoms with Crippen LogP contribution in [0.1, 0.15) is 25.2 Å². The lowest BCUT2D eigenvalue weighted by molar-refractivity contribution is 0.263. The fourth-order valence-electron chi connectivity index (χ4n) is 3.66. The first kappa shape index (κ1) is 19.7.